The molecule has 7 heteroatoms. The summed E-state index contributed by atoms with van der Waals surface area (Å²) in [5, 5.41) is 8.28. The predicted molar refractivity (Wildman–Crippen MR) is 70.6 cm³/mol. The van der Waals surface area contributed by atoms with Gasteiger partial charge in [-0.25, -0.2) is 13.2 Å². The molecular formula is C13H15BF3N2O. The molecule has 1 atom stereocenters. The van der Waals surface area contributed by atoms with Crippen LogP contribution in [0.5, 0.6) is 0 Å². The van der Waals surface area contributed by atoms with Gasteiger partial charge in [-0.05, 0) is 13.0 Å². The number of halogens is 3. The van der Waals surface area contributed by atoms with Crippen LogP contribution in [0.2, 0.25) is 6.82 Å². The van der Waals surface area contributed by atoms with Crippen LogP contribution in [0.25, 0.3) is 0 Å². The number of benzene rings is 1. The smallest absolute Gasteiger partial charge is 0.292 e. The Hall–Kier alpha value is -1.52. The van der Waals surface area contributed by atoms with Gasteiger partial charge in [-0.3, -0.25) is 0 Å². The molecule has 0 spiro atoms. The molecule has 3 nitrogen and oxygen atoms in total. The molecule has 2 N–H and O–H groups in total. The van der Waals surface area contributed by atoms with Crippen LogP contribution in [-0.4, -0.2) is 26.4 Å². The van der Waals surface area contributed by atoms with E-state index in [2.05, 4.69) is 4.74 Å². The molecule has 0 aliphatic rings. The third-order valence-electron chi connectivity index (χ3n) is 3.09. The molecule has 0 bridgehead atoms. The summed E-state index contributed by atoms with van der Waals surface area (Å²) in [6.45, 7) is 1.23. The van der Waals surface area contributed by atoms with Gasteiger partial charge in [0.05, 0.1) is 6.07 Å². The van der Waals surface area contributed by atoms with Crippen molar-refractivity contribution >= 4 is 12.7 Å². The van der Waals surface area contributed by atoms with E-state index in [-0.39, 0.29) is 5.56 Å². The summed E-state index contributed by atoms with van der Waals surface area (Å²) in [6, 6.07) is 5.44. The summed E-state index contributed by atoms with van der Waals surface area (Å²) in [5.74, 6) is -4.32. The first-order valence-corrected chi connectivity index (χ1v) is 5.97. The van der Waals surface area contributed by atoms with E-state index in [4.69, 9.17) is 11.0 Å². The third kappa shape index (κ3) is 3.32. The maximum absolute atomic E-state index is 14.1. The Balaban J connectivity index is 3.11. The molecule has 107 valence electrons. The molecule has 1 aromatic rings. The van der Waals surface area contributed by atoms with Crippen LogP contribution in [0.1, 0.15) is 12.5 Å². The molecular weight excluding hydrogens is 268 g/mol. The lowest BCUT2D eigenvalue weighted by molar-refractivity contribution is -0.123. The van der Waals surface area contributed by atoms with Crippen molar-refractivity contribution in [1.29, 1.82) is 5.26 Å². The Kier molecular flexibility index (Phi) is 5.20. The summed E-state index contributed by atoms with van der Waals surface area (Å²) >= 11 is 0. The highest BCUT2D eigenvalue weighted by Gasteiger charge is 2.50. The predicted octanol–water partition coefficient (Wildman–Crippen LogP) is 1.55. The lowest BCUT2D eigenvalue weighted by Gasteiger charge is -2.34. The number of alkyl halides is 2. The highest BCUT2D eigenvalue weighted by Crippen LogP contribution is 2.36. The number of rotatable bonds is 6. The van der Waals surface area contributed by atoms with Gasteiger partial charge in [-0.1, -0.05) is 24.4 Å². The molecule has 1 rings (SSSR count). The number of ether oxygens (including phenoxy) is 1. The molecule has 1 radical (unpaired) electrons. The first-order chi connectivity index (χ1) is 9.26. The van der Waals surface area contributed by atoms with Crippen LogP contribution < -0.4 is 11.2 Å². The Morgan fingerprint density at radius 3 is 2.65 bits per heavy atom. The number of nitrogens with zero attached hydrogens (tertiary/aromatic N) is 1. The van der Waals surface area contributed by atoms with E-state index >= 15 is 0 Å². The number of nitrogens with two attached hydrogens (primary N) is 1. The number of hydrogen-bond donors (Lipinski definition) is 1. The Morgan fingerprint density at radius 2 is 2.10 bits per heavy atom. The van der Waals surface area contributed by atoms with Crippen molar-refractivity contribution < 1.29 is 17.9 Å². The maximum atomic E-state index is 14.1. The quantitative estimate of drug-likeness (QED) is 0.636. The van der Waals surface area contributed by atoms with Gasteiger partial charge >= 0.3 is 0 Å². The van der Waals surface area contributed by atoms with Crippen LogP contribution in [-0.2, 0) is 10.3 Å². The largest absolute Gasteiger partial charge is 0.360 e. The van der Waals surface area contributed by atoms with Gasteiger partial charge in [0.15, 0.2) is 0 Å². The summed E-state index contributed by atoms with van der Waals surface area (Å²) < 4.78 is 46.5. The molecule has 0 heterocycles. The van der Waals surface area contributed by atoms with E-state index in [1.54, 1.807) is 20.2 Å². The molecule has 0 aromatic heterocycles. The molecule has 0 saturated carbocycles. The maximum Gasteiger partial charge on any atom is 0.292 e. The van der Waals surface area contributed by atoms with Gasteiger partial charge in [-0.2, -0.15) is 5.26 Å². The van der Waals surface area contributed by atoms with Crippen LogP contribution in [0.3, 0.4) is 0 Å². The lowest BCUT2D eigenvalue weighted by Crippen LogP contribution is -2.53. The van der Waals surface area contributed by atoms with Crippen molar-refractivity contribution in [3.8, 4) is 6.07 Å². The average Bonchev–Trinajstić information content (AvgIpc) is 2.39. The molecule has 20 heavy (non-hydrogen) atoms. The third-order valence-corrected chi connectivity index (χ3v) is 3.09. The van der Waals surface area contributed by atoms with Crippen LogP contribution in [0.4, 0.5) is 13.2 Å². The van der Waals surface area contributed by atoms with E-state index in [9.17, 15) is 13.2 Å². The van der Waals surface area contributed by atoms with Crippen molar-refractivity contribution in [2.24, 2.45) is 5.73 Å². The Morgan fingerprint density at radius 1 is 1.45 bits per heavy atom. The van der Waals surface area contributed by atoms with Crippen LogP contribution in [0.15, 0.2) is 18.2 Å². The number of hydrogen-bond acceptors (Lipinski definition) is 3. The Bertz CT molecular complexity index is 515. The monoisotopic (exact) mass is 283 g/mol. The van der Waals surface area contributed by atoms with Gasteiger partial charge < -0.3 is 10.5 Å². The molecule has 0 saturated heterocycles. The molecule has 0 aliphatic heterocycles. The van der Waals surface area contributed by atoms with Gasteiger partial charge in [-0.15, -0.1) is 0 Å². The van der Waals surface area contributed by atoms with E-state index in [1.165, 1.54) is 12.1 Å². The minimum absolute atomic E-state index is 0.293. The molecule has 0 fully saturated rings. The van der Waals surface area contributed by atoms with Gasteiger partial charge in [0.25, 0.3) is 5.92 Å². The standard InChI is InChI=1S/C13H15BF3N2O/c1-12(19,13(16,17)8-20-6-5-18)10-7-9(14-2)3-4-11(10)15/h3-4,7H,6,8,19H2,1-2H3/t12-/m1/s1. The van der Waals surface area contributed by atoms with Crippen LogP contribution in [0, 0.1) is 17.1 Å². The second-order valence-corrected chi connectivity index (χ2v) is 4.59. The molecule has 0 amide bonds. The van der Waals surface area contributed by atoms with Crippen LogP contribution >= 0.6 is 0 Å². The van der Waals surface area contributed by atoms with Gasteiger partial charge in [0.1, 0.15) is 31.8 Å². The minimum Gasteiger partial charge on any atom is -0.360 e. The van der Waals surface area contributed by atoms with Crippen molar-refractivity contribution in [3.05, 3.63) is 29.6 Å². The van der Waals surface area contributed by atoms with Crippen molar-refractivity contribution in [3.63, 3.8) is 0 Å². The zero-order chi connectivity index (χ0) is 15.4. The highest BCUT2D eigenvalue weighted by atomic mass is 19.3. The fourth-order valence-corrected chi connectivity index (χ4v) is 1.69. The molecule has 1 aromatic carbocycles. The van der Waals surface area contributed by atoms with Gasteiger partial charge in [0, 0.05) is 5.56 Å². The summed E-state index contributed by atoms with van der Waals surface area (Å²) in [5.41, 5.74) is 3.71. The highest BCUT2D eigenvalue weighted by molar-refractivity contribution is 6.51. The van der Waals surface area contributed by atoms with Crippen molar-refractivity contribution in [1.82, 2.24) is 0 Å². The second-order valence-electron chi connectivity index (χ2n) is 4.59. The summed E-state index contributed by atoms with van der Waals surface area (Å²) in [7, 11) is 1.66. The lowest BCUT2D eigenvalue weighted by atomic mass is 9.71. The summed E-state index contributed by atoms with van der Waals surface area (Å²) in [6.07, 6.45) is 0. The zero-order valence-corrected chi connectivity index (χ0v) is 11.3. The fraction of sp³-hybridized carbons (Fsp3) is 0.462. The SMILES string of the molecule is C[B]c1ccc(F)c([C@@](C)(N)C(F)(F)COCC#N)c1. The van der Waals surface area contributed by atoms with E-state index in [0.29, 0.717) is 5.46 Å². The Labute approximate surface area is 116 Å². The summed E-state index contributed by atoms with van der Waals surface area (Å²) in [4.78, 5) is 0. The van der Waals surface area contributed by atoms with E-state index in [0.717, 1.165) is 13.0 Å². The molecule has 0 aliphatic carbocycles. The topological polar surface area (TPSA) is 59.0 Å². The first kappa shape index (κ1) is 16.5. The average molecular weight is 283 g/mol. The van der Waals surface area contributed by atoms with Crippen molar-refractivity contribution in [2.45, 2.75) is 25.2 Å². The molecule has 0 unspecified atom stereocenters. The number of nitriles is 1. The minimum atomic E-state index is -3.52. The normalized spacial score (nSPS) is 14.4. The first-order valence-electron chi connectivity index (χ1n) is 5.97. The van der Waals surface area contributed by atoms with Gasteiger partial charge in [0.2, 0.25) is 0 Å². The second kappa shape index (κ2) is 6.29. The van der Waals surface area contributed by atoms with E-state index in [1.807, 2.05) is 0 Å². The van der Waals surface area contributed by atoms with Crippen molar-refractivity contribution in [2.75, 3.05) is 13.2 Å². The zero-order valence-electron chi connectivity index (χ0n) is 11.3. The fourth-order valence-electron chi connectivity index (χ4n) is 1.69. The van der Waals surface area contributed by atoms with E-state index < -0.39 is 30.5 Å².